The van der Waals surface area contributed by atoms with Crippen LogP contribution >= 0.6 is 0 Å². The molecule has 0 saturated carbocycles. The fraction of sp³-hybridized carbons (Fsp3) is 0. The fourth-order valence-corrected chi connectivity index (χ4v) is 2.66. The summed E-state index contributed by atoms with van der Waals surface area (Å²) >= 11 is 0. The van der Waals surface area contributed by atoms with Crippen molar-refractivity contribution < 1.29 is 36.5 Å². The molecule has 0 fully saturated rings. The Balaban J connectivity index is 0. The largest absolute Gasteiger partial charge is 0.507 e. The van der Waals surface area contributed by atoms with Gasteiger partial charge in [-0.2, -0.15) is 16.8 Å². The van der Waals surface area contributed by atoms with E-state index in [1.807, 2.05) is 0 Å². The molecule has 0 spiro atoms. The van der Waals surface area contributed by atoms with Gasteiger partial charge in [-0.1, -0.05) is 0 Å². The fourth-order valence-electron chi connectivity index (χ4n) is 1.61. The van der Waals surface area contributed by atoms with E-state index < -0.39 is 35.8 Å². The molecule has 112 valence electrons. The third-order valence-electron chi connectivity index (χ3n) is 2.47. The first-order chi connectivity index (χ1) is 8.59. The molecule has 2 rings (SSSR count). The summed E-state index contributed by atoms with van der Waals surface area (Å²) in [5.74, 6) is -0.438. The van der Waals surface area contributed by atoms with Crippen molar-refractivity contribution in [1.82, 2.24) is 0 Å². The Morgan fingerprint density at radius 3 is 1.68 bits per heavy atom. The third-order valence-corrected chi connectivity index (χ3v) is 4.15. The van der Waals surface area contributed by atoms with Crippen LogP contribution in [0.2, 0.25) is 0 Å². The van der Waals surface area contributed by atoms with Crippen molar-refractivity contribution in [1.29, 1.82) is 0 Å². The molecule has 0 heterocycles. The van der Waals surface area contributed by atoms with Crippen molar-refractivity contribution in [3.8, 4) is 5.75 Å². The van der Waals surface area contributed by atoms with E-state index in [4.69, 9.17) is 9.11 Å². The van der Waals surface area contributed by atoms with E-state index in [-0.39, 0.29) is 75.4 Å². The van der Waals surface area contributed by atoms with Gasteiger partial charge in [0.05, 0.1) is 9.79 Å². The van der Waals surface area contributed by atoms with E-state index in [1.54, 1.807) is 0 Å². The van der Waals surface area contributed by atoms with Crippen LogP contribution in [0.3, 0.4) is 0 Å². The molecule has 22 heavy (non-hydrogen) atoms. The van der Waals surface area contributed by atoms with Gasteiger partial charge in [0, 0.05) is 70.6 Å². The number of phenolic OH excluding ortho intramolecular Hbond substituents is 1. The number of hydrogen-bond acceptors (Lipinski definition) is 5. The second-order valence-corrected chi connectivity index (χ2v) is 6.62. The predicted octanol–water partition coefficient (Wildman–Crippen LogP) is -0.547. The first-order valence-corrected chi connectivity index (χ1v) is 7.69. The Morgan fingerprint density at radius 2 is 1.23 bits per heavy atom. The molecule has 8 nitrogen and oxygen atoms in total. The second kappa shape index (κ2) is 8.40. The maximum absolute atomic E-state index is 11.0. The maximum Gasteiger partial charge on any atom is 0.294 e. The van der Waals surface area contributed by atoms with Crippen molar-refractivity contribution in [3.05, 3.63) is 30.3 Å². The van der Waals surface area contributed by atoms with E-state index in [2.05, 4.69) is 0 Å². The summed E-state index contributed by atoms with van der Waals surface area (Å²) in [7, 11) is -8.99. The molecule has 0 saturated heterocycles. The molecule has 0 unspecified atom stereocenters. The number of hydrogen-bond donors (Lipinski definition) is 3. The molecule has 5 N–H and O–H groups in total. The summed E-state index contributed by atoms with van der Waals surface area (Å²) in [6, 6.07) is 5.08. The molecule has 0 bridgehead atoms. The zero-order valence-corrected chi connectivity index (χ0v) is 17.3. The van der Waals surface area contributed by atoms with Crippen LogP contribution in [0.5, 0.6) is 5.75 Å². The minimum atomic E-state index is -4.54. The maximum atomic E-state index is 11.0. The third kappa shape index (κ3) is 5.42. The topological polar surface area (TPSA) is 160 Å². The van der Waals surface area contributed by atoms with E-state index in [0.717, 1.165) is 24.3 Å². The summed E-state index contributed by atoms with van der Waals surface area (Å²) < 4.78 is 61.7. The molecular weight excluding hydrogens is 358 g/mol. The van der Waals surface area contributed by atoms with Crippen molar-refractivity contribution in [2.45, 2.75) is 9.79 Å². The van der Waals surface area contributed by atoms with E-state index in [1.165, 1.54) is 6.07 Å². The van der Waals surface area contributed by atoms with Gasteiger partial charge in [0.1, 0.15) is 5.75 Å². The van der Waals surface area contributed by atoms with Gasteiger partial charge >= 0.3 is 0 Å². The van der Waals surface area contributed by atoms with Gasteiger partial charge in [0.25, 0.3) is 20.2 Å². The molecule has 0 amide bonds. The van der Waals surface area contributed by atoms with Crippen molar-refractivity contribution in [3.63, 3.8) is 0 Å². The number of phenols is 1. The predicted molar refractivity (Wildman–Crippen MR) is 80.4 cm³/mol. The number of aromatic hydroxyl groups is 1. The van der Waals surface area contributed by atoms with Crippen LogP contribution in [-0.4, -0.2) is 95.6 Å². The molecule has 12 heteroatoms. The first kappa shape index (κ1) is 24.5. The molecule has 0 aliphatic carbocycles. The van der Waals surface area contributed by atoms with Crippen LogP contribution in [0.15, 0.2) is 40.1 Å². The molecular formula is C10H10Na2O8S2. The summed E-state index contributed by atoms with van der Waals surface area (Å²) in [6.45, 7) is 0. The zero-order valence-electron chi connectivity index (χ0n) is 11.7. The summed E-state index contributed by atoms with van der Waals surface area (Å²) in [5, 5.41) is 9.85. The minimum absolute atomic E-state index is 0. The monoisotopic (exact) mass is 368 g/mol. The van der Waals surface area contributed by atoms with Crippen molar-refractivity contribution in [2.75, 3.05) is 0 Å². The summed E-state index contributed by atoms with van der Waals surface area (Å²) in [6.07, 6.45) is 0. The molecule has 2 radical (unpaired) electrons. The molecule has 2 aromatic rings. The Labute approximate surface area is 170 Å². The molecule has 2 aromatic carbocycles. The molecule has 0 aliphatic rings. The zero-order chi connectivity index (χ0) is 14.4. The number of fused-ring (bicyclic) bond motifs is 1. The van der Waals surface area contributed by atoms with E-state index >= 15 is 0 Å². The second-order valence-electron chi connectivity index (χ2n) is 3.78. The van der Waals surface area contributed by atoms with Crippen LogP contribution in [0.25, 0.3) is 10.8 Å². The Hall–Kier alpha value is 0.280. The van der Waals surface area contributed by atoms with Gasteiger partial charge in [-0.3, -0.25) is 9.11 Å². The Bertz CT molecular complexity index is 872. The Kier molecular flexibility index (Phi) is 9.37. The van der Waals surface area contributed by atoms with Crippen LogP contribution in [0.4, 0.5) is 0 Å². The average molecular weight is 368 g/mol. The SMILES string of the molecule is O.O=S(=O)(O)c1ccc2c(O)cc(S(=O)(=O)O)cc2c1.[Na].[Na]. The minimum Gasteiger partial charge on any atom is -0.507 e. The first-order valence-electron chi connectivity index (χ1n) is 4.81. The summed E-state index contributed by atoms with van der Waals surface area (Å²) in [4.78, 5) is -1.03. The number of benzene rings is 2. The summed E-state index contributed by atoms with van der Waals surface area (Å²) in [5.41, 5.74) is 0. The van der Waals surface area contributed by atoms with Gasteiger partial charge in [-0.15, -0.1) is 0 Å². The quantitative estimate of drug-likeness (QED) is 0.473. The molecule has 0 atom stereocenters. The van der Waals surface area contributed by atoms with Crippen LogP contribution in [0, 0.1) is 0 Å². The van der Waals surface area contributed by atoms with Crippen molar-refractivity contribution >= 4 is 90.1 Å². The van der Waals surface area contributed by atoms with Gasteiger partial charge in [-0.05, 0) is 29.7 Å². The van der Waals surface area contributed by atoms with E-state index in [0.29, 0.717) is 0 Å². The number of rotatable bonds is 2. The van der Waals surface area contributed by atoms with Crippen LogP contribution < -0.4 is 0 Å². The van der Waals surface area contributed by atoms with Crippen LogP contribution in [-0.2, 0) is 20.2 Å². The van der Waals surface area contributed by atoms with Gasteiger partial charge in [-0.25, -0.2) is 0 Å². The van der Waals surface area contributed by atoms with Crippen molar-refractivity contribution in [2.24, 2.45) is 0 Å². The normalized spacial score (nSPS) is 11.0. The van der Waals surface area contributed by atoms with Gasteiger partial charge in [0.2, 0.25) is 0 Å². The van der Waals surface area contributed by atoms with Gasteiger partial charge in [0.15, 0.2) is 0 Å². The average Bonchev–Trinajstić information content (AvgIpc) is 2.25. The van der Waals surface area contributed by atoms with Crippen LogP contribution in [0.1, 0.15) is 0 Å². The standard InChI is InChI=1S/C10H8O7S2.2Na.H2O/c11-10-5-8(19(15,16)17)4-6-3-7(18(12,13)14)1-2-9(6)10;;;/h1-5,11H,(H,12,13,14)(H,15,16,17);;;1H2. The molecule has 0 aliphatic heterocycles. The molecule has 0 aromatic heterocycles. The van der Waals surface area contributed by atoms with Gasteiger partial charge < -0.3 is 10.6 Å². The smallest absolute Gasteiger partial charge is 0.294 e. The van der Waals surface area contributed by atoms with E-state index in [9.17, 15) is 21.9 Å². The Morgan fingerprint density at radius 1 is 0.773 bits per heavy atom.